The first kappa shape index (κ1) is 21.8. The van der Waals surface area contributed by atoms with Crippen molar-refractivity contribution in [1.29, 1.82) is 0 Å². The molecule has 0 radical (unpaired) electrons. The summed E-state index contributed by atoms with van der Waals surface area (Å²) >= 11 is 0. The van der Waals surface area contributed by atoms with E-state index in [2.05, 4.69) is 13.8 Å². The molecular weight excluding hydrogens is 380 g/mol. The van der Waals surface area contributed by atoms with E-state index in [-0.39, 0.29) is 34.7 Å². The summed E-state index contributed by atoms with van der Waals surface area (Å²) in [4.78, 5) is 36.3. The quantitative estimate of drug-likeness (QED) is 0.600. The molecule has 5 nitrogen and oxygen atoms in total. The van der Waals surface area contributed by atoms with Crippen LogP contribution in [0.5, 0.6) is 0 Å². The van der Waals surface area contributed by atoms with Crippen LogP contribution in [0.25, 0.3) is 0 Å². The second kappa shape index (κ2) is 7.34. The minimum atomic E-state index is -1.00. The molecule has 0 N–H and O–H groups in total. The van der Waals surface area contributed by atoms with E-state index in [1.165, 1.54) is 26.7 Å². The van der Waals surface area contributed by atoms with E-state index in [4.69, 9.17) is 9.47 Å². The van der Waals surface area contributed by atoms with Gasteiger partial charge < -0.3 is 9.47 Å². The summed E-state index contributed by atoms with van der Waals surface area (Å²) in [7, 11) is 0. The lowest BCUT2D eigenvalue weighted by molar-refractivity contribution is -0.215. The molecule has 0 aliphatic heterocycles. The van der Waals surface area contributed by atoms with Crippen LogP contribution in [-0.2, 0) is 23.9 Å². The third kappa shape index (κ3) is 3.14. The number of carbonyl (C=O) groups excluding carboxylic acids is 3. The zero-order valence-electron chi connectivity index (χ0n) is 19.3. The summed E-state index contributed by atoms with van der Waals surface area (Å²) in [5.74, 6) is 1.82. The fraction of sp³-hybridized carbons (Fsp3) is 0.880. The number of fused-ring (bicyclic) bond motifs is 5. The van der Waals surface area contributed by atoms with E-state index in [1.54, 1.807) is 0 Å². The van der Waals surface area contributed by atoms with Crippen molar-refractivity contribution in [2.45, 2.75) is 104 Å². The van der Waals surface area contributed by atoms with Crippen LogP contribution in [-0.4, -0.2) is 29.4 Å². The molecule has 4 aliphatic carbocycles. The lowest BCUT2D eigenvalue weighted by Crippen LogP contribution is -2.65. The minimum absolute atomic E-state index is 0.0746. The van der Waals surface area contributed by atoms with Gasteiger partial charge in [0, 0.05) is 25.7 Å². The van der Waals surface area contributed by atoms with Gasteiger partial charge in [-0.15, -0.1) is 0 Å². The molecule has 4 saturated carbocycles. The topological polar surface area (TPSA) is 69.7 Å². The van der Waals surface area contributed by atoms with Gasteiger partial charge in [0.2, 0.25) is 0 Å². The van der Waals surface area contributed by atoms with Crippen LogP contribution < -0.4 is 0 Å². The summed E-state index contributed by atoms with van der Waals surface area (Å²) in [6.45, 7) is 9.49. The molecule has 0 aromatic carbocycles. The molecule has 4 rings (SSSR count). The van der Waals surface area contributed by atoms with Crippen molar-refractivity contribution in [2.24, 2.45) is 34.5 Å². The molecule has 0 amide bonds. The Labute approximate surface area is 180 Å². The highest BCUT2D eigenvalue weighted by Gasteiger charge is 2.65. The van der Waals surface area contributed by atoms with Crippen molar-refractivity contribution in [3.8, 4) is 0 Å². The normalized spacial score (nSPS) is 48.0. The number of hydrogen-bond acceptors (Lipinski definition) is 5. The summed E-state index contributed by atoms with van der Waals surface area (Å²) in [6.07, 6.45) is 8.93. The van der Waals surface area contributed by atoms with Gasteiger partial charge >= 0.3 is 11.9 Å². The standard InChI is InChI=1S/C25H38O5/c1-15(26)29-18-10-12-23(3)17(14-18)6-7-19-20(23)11-13-24(4)21(19)8-9-22(28)25(24,5)30-16(2)27/h17-21H,6-14H2,1-5H3/t17-,18-,19+,20-,21+,23-,24+,25+/m0/s1. The maximum atomic E-state index is 13.0. The first-order valence-electron chi connectivity index (χ1n) is 11.9. The first-order chi connectivity index (χ1) is 14.0. The fourth-order valence-electron chi connectivity index (χ4n) is 8.31. The van der Waals surface area contributed by atoms with Crippen molar-refractivity contribution in [3.63, 3.8) is 0 Å². The van der Waals surface area contributed by atoms with E-state index >= 15 is 0 Å². The van der Waals surface area contributed by atoms with Crippen LogP contribution in [0, 0.1) is 34.5 Å². The smallest absolute Gasteiger partial charge is 0.303 e. The van der Waals surface area contributed by atoms with Gasteiger partial charge in [0.15, 0.2) is 11.4 Å². The minimum Gasteiger partial charge on any atom is -0.463 e. The Morgan fingerprint density at radius 3 is 2.30 bits per heavy atom. The number of Topliss-reactive ketones (excluding diaryl/α,β-unsaturated/α-hetero) is 1. The Morgan fingerprint density at radius 1 is 0.900 bits per heavy atom. The van der Waals surface area contributed by atoms with E-state index in [0.29, 0.717) is 30.1 Å². The molecule has 4 aliphatic rings. The maximum absolute atomic E-state index is 13.0. The third-order valence-electron chi connectivity index (χ3n) is 9.99. The van der Waals surface area contributed by atoms with E-state index < -0.39 is 5.60 Å². The molecule has 0 heterocycles. The van der Waals surface area contributed by atoms with Gasteiger partial charge in [-0.25, -0.2) is 0 Å². The Bertz CT molecular complexity index is 746. The molecule has 168 valence electrons. The summed E-state index contributed by atoms with van der Waals surface area (Å²) in [5.41, 5.74) is -1.01. The zero-order chi connectivity index (χ0) is 21.9. The third-order valence-corrected chi connectivity index (χ3v) is 9.99. The van der Waals surface area contributed by atoms with Crippen LogP contribution in [0.4, 0.5) is 0 Å². The highest BCUT2D eigenvalue weighted by molar-refractivity contribution is 5.91. The van der Waals surface area contributed by atoms with Crippen molar-refractivity contribution in [3.05, 3.63) is 0 Å². The summed E-state index contributed by atoms with van der Waals surface area (Å²) < 4.78 is 11.4. The Balaban J connectivity index is 1.59. The van der Waals surface area contributed by atoms with E-state index in [0.717, 1.165) is 38.5 Å². The average Bonchev–Trinajstić information content (AvgIpc) is 2.65. The fourth-order valence-corrected chi connectivity index (χ4v) is 8.31. The molecule has 5 heteroatoms. The monoisotopic (exact) mass is 418 g/mol. The predicted octanol–water partition coefficient (Wildman–Crippen LogP) is 4.85. The molecule has 0 saturated heterocycles. The van der Waals surface area contributed by atoms with Gasteiger partial charge in [-0.3, -0.25) is 14.4 Å². The van der Waals surface area contributed by atoms with Crippen molar-refractivity contribution < 1.29 is 23.9 Å². The molecule has 4 fully saturated rings. The van der Waals surface area contributed by atoms with Gasteiger partial charge in [0.25, 0.3) is 0 Å². The van der Waals surface area contributed by atoms with Crippen LogP contribution in [0.1, 0.15) is 92.4 Å². The van der Waals surface area contributed by atoms with Crippen LogP contribution >= 0.6 is 0 Å². The second-order valence-corrected chi connectivity index (χ2v) is 11.2. The Kier molecular flexibility index (Phi) is 5.34. The largest absolute Gasteiger partial charge is 0.463 e. The van der Waals surface area contributed by atoms with Gasteiger partial charge in [0.05, 0.1) is 0 Å². The van der Waals surface area contributed by atoms with Gasteiger partial charge in [-0.05, 0) is 87.4 Å². The molecule has 0 aromatic heterocycles. The number of rotatable bonds is 2. The van der Waals surface area contributed by atoms with Crippen LogP contribution in [0.15, 0.2) is 0 Å². The predicted molar refractivity (Wildman–Crippen MR) is 112 cm³/mol. The first-order valence-corrected chi connectivity index (χ1v) is 11.9. The van der Waals surface area contributed by atoms with Crippen molar-refractivity contribution >= 4 is 17.7 Å². The lowest BCUT2D eigenvalue weighted by atomic mass is 9.41. The summed E-state index contributed by atoms with van der Waals surface area (Å²) in [5, 5.41) is 0. The Hall–Kier alpha value is -1.39. The van der Waals surface area contributed by atoms with E-state index in [1.807, 2.05) is 6.92 Å². The number of ketones is 1. The van der Waals surface area contributed by atoms with Crippen molar-refractivity contribution in [1.82, 2.24) is 0 Å². The molecule has 30 heavy (non-hydrogen) atoms. The molecule has 0 spiro atoms. The molecule has 0 aromatic rings. The SMILES string of the molecule is CC(=O)O[C@H]1CC[C@@]2(C)[C@@H](CC[C@H]3[C@H]4CCC(=O)[C@@](C)(OC(C)=O)[C@]4(C)CC[C@@H]32)C1. The number of carbonyl (C=O) groups is 3. The highest BCUT2D eigenvalue weighted by atomic mass is 16.6. The van der Waals surface area contributed by atoms with Crippen LogP contribution in [0.2, 0.25) is 0 Å². The Morgan fingerprint density at radius 2 is 1.63 bits per heavy atom. The van der Waals surface area contributed by atoms with Crippen LogP contribution in [0.3, 0.4) is 0 Å². The molecule has 0 unspecified atom stereocenters. The van der Waals surface area contributed by atoms with E-state index in [9.17, 15) is 14.4 Å². The molecule has 8 atom stereocenters. The second-order valence-electron chi connectivity index (χ2n) is 11.2. The molecule has 0 bridgehead atoms. The number of hydrogen-bond donors (Lipinski definition) is 0. The molecular formula is C25H38O5. The number of ether oxygens (including phenoxy) is 2. The van der Waals surface area contributed by atoms with Gasteiger partial charge in [0.1, 0.15) is 6.10 Å². The van der Waals surface area contributed by atoms with Crippen molar-refractivity contribution in [2.75, 3.05) is 0 Å². The average molecular weight is 419 g/mol. The lowest BCUT2D eigenvalue weighted by Gasteiger charge is -2.65. The van der Waals surface area contributed by atoms with Gasteiger partial charge in [-0.1, -0.05) is 13.8 Å². The zero-order valence-corrected chi connectivity index (χ0v) is 19.3. The summed E-state index contributed by atoms with van der Waals surface area (Å²) in [6, 6.07) is 0. The number of esters is 2. The maximum Gasteiger partial charge on any atom is 0.303 e. The van der Waals surface area contributed by atoms with Gasteiger partial charge in [-0.2, -0.15) is 0 Å². The highest BCUT2D eigenvalue weighted by Crippen LogP contribution is 2.67.